The Labute approximate surface area is 145 Å². The third-order valence-electron chi connectivity index (χ3n) is 5.43. The molecule has 2 aliphatic heterocycles. The van der Waals surface area contributed by atoms with Crippen molar-refractivity contribution in [2.24, 2.45) is 0 Å². The Morgan fingerprint density at radius 1 is 1.36 bits per heavy atom. The van der Waals surface area contributed by atoms with Crippen LogP contribution in [0.1, 0.15) is 36.2 Å². The minimum absolute atomic E-state index is 0.0339. The summed E-state index contributed by atoms with van der Waals surface area (Å²) >= 11 is 0. The molecule has 2 aromatic rings. The van der Waals surface area contributed by atoms with Gasteiger partial charge in [-0.15, -0.1) is 0 Å². The van der Waals surface area contributed by atoms with Crippen LogP contribution in [0.4, 0.5) is 0 Å². The molecule has 0 aliphatic carbocycles. The number of benzene rings is 1. The summed E-state index contributed by atoms with van der Waals surface area (Å²) in [6.07, 6.45) is 4.14. The van der Waals surface area contributed by atoms with Crippen LogP contribution in [0.3, 0.4) is 0 Å². The SMILES string of the molecule is CN1C2CCC1CC(OC(=O)c1[nH]nc3c(OCCO)cccc13)C2. The van der Waals surface area contributed by atoms with Gasteiger partial charge in [0.2, 0.25) is 0 Å². The third kappa shape index (κ3) is 2.98. The van der Waals surface area contributed by atoms with Gasteiger partial charge in [-0.2, -0.15) is 5.10 Å². The van der Waals surface area contributed by atoms with Gasteiger partial charge in [0.05, 0.1) is 6.61 Å². The molecule has 2 saturated heterocycles. The lowest BCUT2D eigenvalue weighted by atomic mass is 10.0. The van der Waals surface area contributed by atoms with E-state index in [1.165, 1.54) is 12.8 Å². The van der Waals surface area contributed by atoms with E-state index in [9.17, 15) is 4.79 Å². The van der Waals surface area contributed by atoms with Gasteiger partial charge in [-0.25, -0.2) is 4.79 Å². The lowest BCUT2D eigenvalue weighted by Crippen LogP contribution is -2.43. The summed E-state index contributed by atoms with van der Waals surface area (Å²) in [7, 11) is 2.16. The fraction of sp³-hybridized carbons (Fsp3) is 0.556. The maximum absolute atomic E-state index is 12.6. The molecule has 0 amide bonds. The van der Waals surface area contributed by atoms with E-state index in [-0.39, 0.29) is 25.3 Å². The molecular formula is C18H23N3O4. The Bertz CT molecular complexity index is 761. The van der Waals surface area contributed by atoms with Crippen LogP contribution in [-0.4, -0.2) is 64.6 Å². The number of aromatic amines is 1. The van der Waals surface area contributed by atoms with E-state index < -0.39 is 0 Å². The highest BCUT2D eigenvalue weighted by Gasteiger charge is 2.40. The molecule has 4 rings (SSSR count). The van der Waals surface area contributed by atoms with Crippen LogP contribution in [0.2, 0.25) is 0 Å². The molecule has 7 nitrogen and oxygen atoms in total. The van der Waals surface area contributed by atoms with Crippen molar-refractivity contribution in [2.75, 3.05) is 20.3 Å². The van der Waals surface area contributed by atoms with Crippen LogP contribution in [0.15, 0.2) is 18.2 Å². The van der Waals surface area contributed by atoms with Gasteiger partial charge in [-0.3, -0.25) is 5.10 Å². The number of carbonyl (C=O) groups is 1. The number of fused-ring (bicyclic) bond motifs is 3. The van der Waals surface area contributed by atoms with Crippen molar-refractivity contribution in [3.05, 3.63) is 23.9 Å². The van der Waals surface area contributed by atoms with Crippen molar-refractivity contribution in [3.8, 4) is 5.75 Å². The van der Waals surface area contributed by atoms with Crippen LogP contribution in [-0.2, 0) is 4.74 Å². The molecule has 2 aliphatic rings. The monoisotopic (exact) mass is 345 g/mol. The second-order valence-corrected chi connectivity index (χ2v) is 6.87. The predicted octanol–water partition coefficient (Wildman–Crippen LogP) is 1.72. The molecule has 0 radical (unpaired) electrons. The Balaban J connectivity index is 1.51. The first-order chi connectivity index (χ1) is 12.2. The zero-order valence-corrected chi connectivity index (χ0v) is 14.3. The normalized spacial score (nSPS) is 26.1. The number of hydrogen-bond donors (Lipinski definition) is 2. The summed E-state index contributed by atoms with van der Waals surface area (Å²) in [5.74, 6) is 0.176. The van der Waals surface area contributed by atoms with E-state index >= 15 is 0 Å². The number of esters is 1. The molecule has 0 spiro atoms. The number of carbonyl (C=O) groups excluding carboxylic acids is 1. The highest BCUT2D eigenvalue weighted by atomic mass is 16.5. The fourth-order valence-electron chi connectivity index (χ4n) is 4.11. The van der Waals surface area contributed by atoms with Crippen molar-refractivity contribution in [3.63, 3.8) is 0 Å². The van der Waals surface area contributed by atoms with Crippen LogP contribution in [0, 0.1) is 0 Å². The molecule has 2 atom stereocenters. The minimum Gasteiger partial charge on any atom is -0.489 e. The van der Waals surface area contributed by atoms with Gasteiger partial charge >= 0.3 is 5.97 Å². The summed E-state index contributed by atoms with van der Waals surface area (Å²) in [4.78, 5) is 15.1. The average Bonchev–Trinajstić information content (AvgIpc) is 3.11. The third-order valence-corrected chi connectivity index (χ3v) is 5.43. The van der Waals surface area contributed by atoms with E-state index in [4.69, 9.17) is 14.6 Å². The van der Waals surface area contributed by atoms with Gasteiger partial charge in [0.25, 0.3) is 0 Å². The number of H-pyrrole nitrogens is 1. The number of aliphatic hydroxyl groups excluding tert-OH is 1. The van der Waals surface area contributed by atoms with Crippen molar-refractivity contribution in [1.82, 2.24) is 15.1 Å². The van der Waals surface area contributed by atoms with E-state index in [1.54, 1.807) is 12.1 Å². The lowest BCUT2D eigenvalue weighted by Gasteiger charge is -2.35. The summed E-state index contributed by atoms with van der Waals surface area (Å²) in [6.45, 7) is 0.109. The second kappa shape index (κ2) is 6.65. The summed E-state index contributed by atoms with van der Waals surface area (Å²) in [6, 6.07) is 6.43. The number of hydrogen-bond acceptors (Lipinski definition) is 6. The van der Waals surface area contributed by atoms with Gasteiger partial charge in [-0.1, -0.05) is 12.1 Å². The number of rotatable bonds is 5. The summed E-state index contributed by atoms with van der Waals surface area (Å²) < 4.78 is 11.2. The summed E-state index contributed by atoms with van der Waals surface area (Å²) in [5.41, 5.74) is 0.932. The number of aliphatic hydroxyl groups is 1. The molecule has 0 saturated carbocycles. The Morgan fingerprint density at radius 2 is 2.12 bits per heavy atom. The first-order valence-electron chi connectivity index (χ1n) is 8.81. The van der Waals surface area contributed by atoms with Gasteiger partial charge in [-0.05, 0) is 26.0 Å². The molecular weight excluding hydrogens is 322 g/mol. The summed E-state index contributed by atoms with van der Waals surface area (Å²) in [5, 5.41) is 16.6. The average molecular weight is 345 g/mol. The van der Waals surface area contributed by atoms with E-state index in [2.05, 4.69) is 22.1 Å². The zero-order chi connectivity index (χ0) is 17.4. The zero-order valence-electron chi connectivity index (χ0n) is 14.3. The van der Waals surface area contributed by atoms with Gasteiger partial charge < -0.3 is 19.5 Å². The quantitative estimate of drug-likeness (QED) is 0.802. The molecule has 2 fully saturated rings. The standard InChI is InChI=1S/C18H23N3O4/c1-21-11-5-6-12(21)10-13(9-11)25-18(23)17-14-3-2-4-15(24-8-7-22)16(14)19-20-17/h2-4,11-13,22H,5-10H2,1H3,(H,19,20). The molecule has 2 N–H and O–H groups in total. The van der Waals surface area contributed by atoms with Crippen LogP contribution >= 0.6 is 0 Å². The molecule has 3 heterocycles. The smallest absolute Gasteiger partial charge is 0.357 e. The van der Waals surface area contributed by atoms with E-state index in [0.717, 1.165) is 12.8 Å². The second-order valence-electron chi connectivity index (χ2n) is 6.87. The number of piperidine rings is 1. The fourth-order valence-corrected chi connectivity index (χ4v) is 4.11. The number of ether oxygens (including phenoxy) is 2. The number of para-hydroxylation sites is 1. The highest BCUT2D eigenvalue weighted by molar-refractivity contribution is 6.03. The van der Waals surface area contributed by atoms with Gasteiger partial charge in [0.1, 0.15) is 24.0 Å². The van der Waals surface area contributed by atoms with E-state index in [0.29, 0.717) is 34.4 Å². The number of nitrogens with zero attached hydrogens (tertiary/aromatic N) is 2. The molecule has 25 heavy (non-hydrogen) atoms. The predicted molar refractivity (Wildman–Crippen MR) is 91.7 cm³/mol. The van der Waals surface area contributed by atoms with Crippen molar-refractivity contribution >= 4 is 16.9 Å². The molecule has 2 unspecified atom stereocenters. The molecule has 1 aromatic carbocycles. The maximum Gasteiger partial charge on any atom is 0.357 e. The molecule has 7 heteroatoms. The van der Waals surface area contributed by atoms with E-state index in [1.807, 2.05) is 6.07 Å². The highest BCUT2D eigenvalue weighted by Crippen LogP contribution is 2.36. The maximum atomic E-state index is 12.6. The lowest BCUT2D eigenvalue weighted by molar-refractivity contribution is -0.000806. The minimum atomic E-state index is -0.365. The van der Waals surface area contributed by atoms with Gasteiger partial charge in [0.15, 0.2) is 5.69 Å². The molecule has 2 bridgehead atoms. The van der Waals surface area contributed by atoms with Crippen LogP contribution in [0.5, 0.6) is 5.75 Å². The van der Waals surface area contributed by atoms with Crippen LogP contribution in [0.25, 0.3) is 10.9 Å². The van der Waals surface area contributed by atoms with Crippen molar-refractivity contribution in [2.45, 2.75) is 43.9 Å². The van der Waals surface area contributed by atoms with Crippen molar-refractivity contribution in [1.29, 1.82) is 0 Å². The Morgan fingerprint density at radius 3 is 2.84 bits per heavy atom. The first kappa shape index (κ1) is 16.4. The Kier molecular flexibility index (Phi) is 4.35. The number of aromatic nitrogens is 2. The largest absolute Gasteiger partial charge is 0.489 e. The Hall–Kier alpha value is -2.12. The van der Waals surface area contributed by atoms with Gasteiger partial charge in [0, 0.05) is 30.3 Å². The molecule has 1 aromatic heterocycles. The first-order valence-corrected chi connectivity index (χ1v) is 8.81. The van der Waals surface area contributed by atoms with Crippen LogP contribution < -0.4 is 4.74 Å². The number of nitrogens with one attached hydrogen (secondary N) is 1. The van der Waals surface area contributed by atoms with Crippen molar-refractivity contribution < 1.29 is 19.4 Å². The molecule has 134 valence electrons. The topological polar surface area (TPSA) is 87.7 Å².